The second-order valence-corrected chi connectivity index (χ2v) is 5.00. The molecule has 0 bridgehead atoms. The first kappa shape index (κ1) is 13.4. The Morgan fingerprint density at radius 2 is 1.91 bits per heavy atom. The van der Waals surface area contributed by atoms with E-state index in [0.29, 0.717) is 6.54 Å². The van der Waals surface area contributed by atoms with Gasteiger partial charge in [-0.05, 0) is 5.53 Å². The first-order valence-corrected chi connectivity index (χ1v) is 5.70. The minimum atomic E-state index is -3.72. The number of rotatable bonds is 2. The average molecular weight is 220 g/mol. The molecule has 0 aliphatic rings. The molecule has 0 aromatic rings. The number of hydrogen-bond donors (Lipinski definition) is 0. The average Bonchev–Trinajstić information content (AvgIpc) is 1.79. The highest BCUT2D eigenvalue weighted by atomic mass is 36.0. The van der Waals surface area contributed by atoms with Crippen LogP contribution in [0.15, 0.2) is 5.11 Å². The monoisotopic (exact) mass is 219 g/mol. The van der Waals surface area contributed by atoms with E-state index >= 15 is 0 Å². The van der Waals surface area contributed by atoms with E-state index in [0.717, 1.165) is 6.42 Å². The molecule has 0 unspecified atom stereocenters. The van der Waals surface area contributed by atoms with E-state index in [9.17, 15) is 0 Å². The van der Waals surface area contributed by atoms with E-state index in [2.05, 4.69) is 31.4 Å². The molecule has 0 radical (unpaired) electrons. The number of halogens is 2. The third-order valence-corrected chi connectivity index (χ3v) is 0.387. The van der Waals surface area contributed by atoms with Crippen LogP contribution in [0.4, 0.5) is 0 Å². The Kier molecular flexibility index (Phi) is 9.70. The number of hydrogen-bond acceptors (Lipinski definition) is 3. The van der Waals surface area contributed by atoms with Crippen molar-refractivity contribution in [3.8, 4) is 0 Å². The van der Waals surface area contributed by atoms with Gasteiger partial charge in [0.15, 0.2) is 0 Å². The highest BCUT2D eigenvalue weighted by molar-refractivity contribution is 8.31. The van der Waals surface area contributed by atoms with Crippen molar-refractivity contribution in [3.05, 3.63) is 10.4 Å². The van der Waals surface area contributed by atoms with Crippen LogP contribution in [0.5, 0.6) is 0 Å². The number of azide groups is 1. The van der Waals surface area contributed by atoms with Gasteiger partial charge >= 0.3 is 8.26 Å². The van der Waals surface area contributed by atoms with Crippen molar-refractivity contribution in [2.75, 3.05) is 6.54 Å². The smallest absolute Gasteiger partial charge is 0.195 e. The van der Waals surface area contributed by atoms with Crippen molar-refractivity contribution in [3.63, 3.8) is 0 Å². The van der Waals surface area contributed by atoms with Crippen LogP contribution in [0.1, 0.15) is 13.3 Å². The minimum Gasteiger partial charge on any atom is -0.195 e. The van der Waals surface area contributed by atoms with Gasteiger partial charge in [-0.1, -0.05) is 18.5 Å². The van der Waals surface area contributed by atoms with E-state index < -0.39 is 8.26 Å². The first-order chi connectivity index (χ1) is 4.91. The fourth-order valence-electron chi connectivity index (χ4n) is 0.145. The summed E-state index contributed by atoms with van der Waals surface area (Å²) in [7, 11) is 4.81. The largest absolute Gasteiger partial charge is 0.317 e. The van der Waals surface area contributed by atoms with Crippen LogP contribution >= 0.6 is 21.4 Å². The van der Waals surface area contributed by atoms with Crippen LogP contribution in [0.3, 0.4) is 0 Å². The zero-order valence-electron chi connectivity index (χ0n) is 5.74. The van der Waals surface area contributed by atoms with Gasteiger partial charge in [0.2, 0.25) is 0 Å². The molecule has 0 amide bonds. The predicted molar refractivity (Wildman–Crippen MR) is 44.9 cm³/mol. The van der Waals surface area contributed by atoms with Gasteiger partial charge in [0.25, 0.3) is 0 Å². The molecular formula is C3H7Cl2N3O2S. The second-order valence-electron chi connectivity index (χ2n) is 1.33. The summed E-state index contributed by atoms with van der Waals surface area (Å²) in [6.45, 7) is 2.59. The van der Waals surface area contributed by atoms with Gasteiger partial charge in [0.1, 0.15) is 0 Å². The van der Waals surface area contributed by atoms with E-state index in [1.165, 1.54) is 0 Å². The van der Waals surface area contributed by atoms with Crippen molar-refractivity contribution in [2.45, 2.75) is 13.3 Å². The number of nitrogens with zero attached hydrogens (tertiary/aromatic N) is 3. The Balaban J connectivity index is 0. The predicted octanol–water partition coefficient (Wildman–Crippen LogP) is 2.42. The highest BCUT2D eigenvalue weighted by Crippen LogP contribution is 1.98. The molecule has 0 saturated heterocycles. The standard InChI is InChI=1S/C3H7N3.Cl2O2S/c1-2-3-5-6-4;1-5(2,3)4/h2-3H2,1H3;. The van der Waals surface area contributed by atoms with Crippen molar-refractivity contribution >= 4 is 29.6 Å². The molecule has 0 N–H and O–H groups in total. The second kappa shape index (κ2) is 7.94. The molecule has 0 rings (SSSR count). The Bertz CT molecular complexity index is 213. The van der Waals surface area contributed by atoms with Gasteiger partial charge in [-0.3, -0.25) is 0 Å². The van der Waals surface area contributed by atoms with Gasteiger partial charge in [-0.25, -0.2) is 0 Å². The lowest BCUT2D eigenvalue weighted by atomic mass is 10.5. The van der Waals surface area contributed by atoms with Gasteiger partial charge < -0.3 is 0 Å². The quantitative estimate of drug-likeness (QED) is 0.309. The molecule has 8 heteroatoms. The van der Waals surface area contributed by atoms with Crippen molar-refractivity contribution in [1.29, 1.82) is 0 Å². The molecule has 0 aliphatic carbocycles. The van der Waals surface area contributed by atoms with Gasteiger partial charge in [0, 0.05) is 32.8 Å². The zero-order valence-corrected chi connectivity index (χ0v) is 8.06. The third-order valence-electron chi connectivity index (χ3n) is 0.387. The van der Waals surface area contributed by atoms with Crippen LogP contribution in [-0.2, 0) is 8.26 Å². The fraction of sp³-hybridized carbons (Fsp3) is 1.00. The summed E-state index contributed by atoms with van der Waals surface area (Å²) >= 11 is 0. The molecule has 0 aromatic heterocycles. The highest BCUT2D eigenvalue weighted by Gasteiger charge is 1.88. The van der Waals surface area contributed by atoms with Gasteiger partial charge in [-0.15, -0.1) is 0 Å². The Hall–Kier alpha value is -0.160. The molecule has 0 aromatic carbocycles. The van der Waals surface area contributed by atoms with Crippen LogP contribution in [0, 0.1) is 0 Å². The minimum absolute atomic E-state index is 0.622. The lowest BCUT2D eigenvalue weighted by Crippen LogP contribution is -1.65. The van der Waals surface area contributed by atoms with Crippen molar-refractivity contribution in [2.24, 2.45) is 5.11 Å². The maximum Gasteiger partial charge on any atom is 0.317 e. The lowest BCUT2D eigenvalue weighted by Gasteiger charge is -1.71. The maximum absolute atomic E-state index is 9.16. The van der Waals surface area contributed by atoms with Gasteiger partial charge in [0.05, 0.1) is 0 Å². The Morgan fingerprint density at radius 3 is 2.00 bits per heavy atom. The lowest BCUT2D eigenvalue weighted by molar-refractivity contribution is 0.621. The molecule has 0 saturated carbocycles. The molecule has 0 aliphatic heterocycles. The Labute approximate surface area is 73.8 Å². The van der Waals surface area contributed by atoms with Crippen LogP contribution < -0.4 is 0 Å². The Morgan fingerprint density at radius 1 is 1.55 bits per heavy atom. The van der Waals surface area contributed by atoms with Gasteiger partial charge in [-0.2, -0.15) is 8.42 Å². The van der Waals surface area contributed by atoms with Crippen molar-refractivity contribution < 1.29 is 8.42 Å². The van der Waals surface area contributed by atoms with E-state index in [1.54, 1.807) is 0 Å². The first-order valence-electron chi connectivity index (χ1n) is 2.57. The summed E-state index contributed by atoms with van der Waals surface area (Å²) in [6, 6.07) is 0. The molecule has 0 heterocycles. The molecule has 11 heavy (non-hydrogen) atoms. The summed E-state index contributed by atoms with van der Waals surface area (Å²) in [4.78, 5) is 2.55. The van der Waals surface area contributed by atoms with E-state index in [1.807, 2.05) is 6.92 Å². The molecule has 66 valence electrons. The van der Waals surface area contributed by atoms with Crippen LogP contribution in [0.2, 0.25) is 0 Å². The summed E-state index contributed by atoms with van der Waals surface area (Å²) in [5.41, 5.74) is 7.66. The third kappa shape index (κ3) is 75.0. The van der Waals surface area contributed by atoms with Crippen LogP contribution in [0.25, 0.3) is 10.4 Å². The summed E-state index contributed by atoms with van der Waals surface area (Å²) < 4.78 is 18.3. The van der Waals surface area contributed by atoms with Crippen LogP contribution in [-0.4, -0.2) is 15.0 Å². The molecular weight excluding hydrogens is 213 g/mol. The summed E-state index contributed by atoms with van der Waals surface area (Å²) in [5.74, 6) is 0. The summed E-state index contributed by atoms with van der Waals surface area (Å²) in [5, 5.41) is 3.27. The van der Waals surface area contributed by atoms with Crippen molar-refractivity contribution in [1.82, 2.24) is 0 Å². The molecule has 5 nitrogen and oxygen atoms in total. The van der Waals surface area contributed by atoms with E-state index in [-0.39, 0.29) is 0 Å². The molecule has 0 spiro atoms. The molecule has 0 atom stereocenters. The topological polar surface area (TPSA) is 82.9 Å². The maximum atomic E-state index is 9.16. The van der Waals surface area contributed by atoms with E-state index in [4.69, 9.17) is 13.9 Å². The SMILES string of the molecule is CCCN=[N+]=[N-].O=S(=O)(Cl)Cl. The summed E-state index contributed by atoms with van der Waals surface area (Å²) in [6.07, 6.45) is 0.935. The fourth-order valence-corrected chi connectivity index (χ4v) is 0.145. The normalized spacial score (nSPS) is 9.00. The zero-order chi connectivity index (χ0) is 9.33. The molecule has 0 fully saturated rings.